The Bertz CT molecular complexity index is 683. The maximum absolute atomic E-state index is 12.6. The van der Waals surface area contributed by atoms with Gasteiger partial charge in [0, 0.05) is 18.2 Å². The van der Waals surface area contributed by atoms with E-state index < -0.39 is 28.0 Å². The van der Waals surface area contributed by atoms with Gasteiger partial charge in [0.05, 0.1) is 15.0 Å². The van der Waals surface area contributed by atoms with Crippen molar-refractivity contribution >= 4 is 28.9 Å². The summed E-state index contributed by atoms with van der Waals surface area (Å²) in [7, 11) is 0. The lowest BCUT2D eigenvalue weighted by molar-refractivity contribution is -0.387. The van der Waals surface area contributed by atoms with Crippen LogP contribution in [-0.2, 0) is 0 Å². The minimum absolute atomic E-state index is 0.163. The summed E-state index contributed by atoms with van der Waals surface area (Å²) in [4.78, 5) is 9.19. The normalized spacial score (nSPS) is 9.71. The average molecular weight is 338 g/mol. The third-order valence-corrected chi connectivity index (χ3v) is 2.74. The Labute approximate surface area is 127 Å². The molecule has 112 valence electrons. The molecule has 0 bridgehead atoms. The fraction of sp³-hybridized carbons (Fsp3) is 0. The number of phenolic OH excluding ortho intramolecular Hbond substituents is 2. The second-order valence-corrected chi connectivity index (χ2v) is 4.42. The molecule has 2 N–H and O–H groups in total. The van der Waals surface area contributed by atoms with Crippen LogP contribution in [0.1, 0.15) is 0 Å². The average Bonchev–Trinajstić information content (AvgIpc) is 2.39. The van der Waals surface area contributed by atoms with E-state index in [1.807, 2.05) is 0 Å². The van der Waals surface area contributed by atoms with E-state index in [2.05, 4.69) is 0 Å². The third-order valence-electron chi connectivity index (χ3n) is 2.12. The summed E-state index contributed by atoms with van der Waals surface area (Å²) in [6, 6.07) is 4.79. The summed E-state index contributed by atoms with van der Waals surface area (Å²) in [6.45, 7) is 0. The predicted octanol–water partition coefficient (Wildman–Crippen LogP) is 4.28. The van der Waals surface area contributed by atoms with Gasteiger partial charge in [-0.2, -0.15) is 4.39 Å². The summed E-state index contributed by atoms with van der Waals surface area (Å²) in [5, 5.41) is 27.6. The van der Waals surface area contributed by atoms with Crippen LogP contribution in [0.5, 0.6) is 11.5 Å². The molecule has 2 aromatic carbocycles. The molecule has 0 aliphatic carbocycles. The fourth-order valence-electron chi connectivity index (χ4n) is 1.15. The quantitative estimate of drug-likeness (QED) is 0.601. The predicted molar refractivity (Wildman–Crippen MR) is 72.8 cm³/mol. The fourth-order valence-corrected chi connectivity index (χ4v) is 1.43. The number of halogens is 4. The number of hydrogen-bond donors (Lipinski definition) is 2. The van der Waals surface area contributed by atoms with E-state index in [-0.39, 0.29) is 15.8 Å². The lowest BCUT2D eigenvalue weighted by Crippen LogP contribution is -1.91. The van der Waals surface area contributed by atoms with Crippen LogP contribution >= 0.6 is 23.2 Å². The first-order chi connectivity index (χ1) is 9.72. The van der Waals surface area contributed by atoms with Gasteiger partial charge < -0.3 is 10.2 Å². The highest BCUT2D eigenvalue weighted by molar-refractivity contribution is 6.32. The zero-order valence-electron chi connectivity index (χ0n) is 10.1. The summed E-state index contributed by atoms with van der Waals surface area (Å²) in [5.41, 5.74) is -0.752. The Kier molecular flexibility index (Phi) is 5.69. The number of phenols is 2. The molecular formula is C12H7Cl2F2NO4. The van der Waals surface area contributed by atoms with Crippen molar-refractivity contribution in [1.82, 2.24) is 0 Å². The van der Waals surface area contributed by atoms with Gasteiger partial charge in [0.25, 0.3) is 0 Å². The van der Waals surface area contributed by atoms with Crippen molar-refractivity contribution in [2.75, 3.05) is 0 Å². The van der Waals surface area contributed by atoms with E-state index in [1.165, 1.54) is 12.1 Å². The number of nitro groups is 1. The van der Waals surface area contributed by atoms with Gasteiger partial charge in [-0.25, -0.2) is 4.39 Å². The first kappa shape index (κ1) is 16.9. The van der Waals surface area contributed by atoms with Gasteiger partial charge >= 0.3 is 5.69 Å². The van der Waals surface area contributed by atoms with Crippen molar-refractivity contribution < 1.29 is 23.9 Å². The lowest BCUT2D eigenvalue weighted by Gasteiger charge is -1.96. The van der Waals surface area contributed by atoms with E-state index in [1.54, 1.807) is 0 Å². The van der Waals surface area contributed by atoms with Crippen LogP contribution in [0.15, 0.2) is 30.3 Å². The Hall–Kier alpha value is -2.12. The van der Waals surface area contributed by atoms with Crippen LogP contribution < -0.4 is 0 Å². The molecule has 5 nitrogen and oxygen atoms in total. The summed E-state index contributed by atoms with van der Waals surface area (Å²) in [5.74, 6) is -2.34. The maximum Gasteiger partial charge on any atom is 0.306 e. The number of aromatic hydroxyl groups is 2. The van der Waals surface area contributed by atoms with Gasteiger partial charge in [0.15, 0.2) is 0 Å². The summed E-state index contributed by atoms with van der Waals surface area (Å²) in [6.07, 6.45) is 0. The molecule has 0 aromatic heterocycles. The van der Waals surface area contributed by atoms with Crippen molar-refractivity contribution in [2.45, 2.75) is 0 Å². The topological polar surface area (TPSA) is 83.6 Å². The van der Waals surface area contributed by atoms with Gasteiger partial charge in [-0.1, -0.05) is 23.2 Å². The minimum Gasteiger partial charge on any atom is -0.506 e. The second kappa shape index (κ2) is 7.05. The summed E-state index contributed by atoms with van der Waals surface area (Å²) < 4.78 is 24.7. The van der Waals surface area contributed by atoms with Crippen LogP contribution in [-0.4, -0.2) is 15.1 Å². The molecule has 0 spiro atoms. The molecule has 0 heterocycles. The van der Waals surface area contributed by atoms with Gasteiger partial charge in [-0.05, 0) is 12.1 Å². The Balaban J connectivity index is 0.000000219. The highest BCUT2D eigenvalue weighted by Crippen LogP contribution is 2.30. The Morgan fingerprint density at radius 3 is 2.05 bits per heavy atom. The number of nitrogens with zero attached hydrogens (tertiary/aromatic N) is 1. The highest BCUT2D eigenvalue weighted by atomic mass is 35.5. The second-order valence-electron chi connectivity index (χ2n) is 3.61. The lowest BCUT2D eigenvalue weighted by atomic mass is 10.3. The molecule has 0 unspecified atom stereocenters. The van der Waals surface area contributed by atoms with Crippen molar-refractivity contribution in [3.63, 3.8) is 0 Å². The number of benzene rings is 2. The highest BCUT2D eigenvalue weighted by Gasteiger charge is 2.16. The van der Waals surface area contributed by atoms with Gasteiger partial charge in [-0.3, -0.25) is 10.1 Å². The largest absolute Gasteiger partial charge is 0.506 e. The zero-order chi connectivity index (χ0) is 16.2. The van der Waals surface area contributed by atoms with E-state index >= 15 is 0 Å². The van der Waals surface area contributed by atoms with E-state index in [0.29, 0.717) is 6.07 Å². The third kappa shape index (κ3) is 4.73. The van der Waals surface area contributed by atoms with E-state index in [0.717, 1.165) is 12.1 Å². The molecule has 0 saturated carbocycles. The molecule has 0 aliphatic rings. The van der Waals surface area contributed by atoms with Crippen molar-refractivity contribution in [3.8, 4) is 11.5 Å². The molecule has 0 amide bonds. The Morgan fingerprint density at radius 2 is 1.57 bits per heavy atom. The molecule has 21 heavy (non-hydrogen) atoms. The van der Waals surface area contributed by atoms with E-state index in [9.17, 15) is 18.9 Å². The Morgan fingerprint density at radius 1 is 1.00 bits per heavy atom. The van der Waals surface area contributed by atoms with Crippen LogP contribution in [0, 0.1) is 21.7 Å². The molecular weight excluding hydrogens is 331 g/mol. The molecule has 0 fully saturated rings. The molecule has 2 rings (SSSR count). The maximum atomic E-state index is 12.6. The zero-order valence-corrected chi connectivity index (χ0v) is 11.6. The first-order valence-corrected chi connectivity index (χ1v) is 5.94. The number of rotatable bonds is 1. The van der Waals surface area contributed by atoms with Gasteiger partial charge in [0.2, 0.25) is 5.82 Å². The van der Waals surface area contributed by atoms with Crippen molar-refractivity contribution in [3.05, 3.63) is 62.1 Å². The van der Waals surface area contributed by atoms with Crippen LogP contribution in [0.25, 0.3) is 0 Å². The van der Waals surface area contributed by atoms with Crippen LogP contribution in [0.3, 0.4) is 0 Å². The molecule has 0 aliphatic heterocycles. The van der Waals surface area contributed by atoms with Crippen molar-refractivity contribution in [2.24, 2.45) is 0 Å². The van der Waals surface area contributed by atoms with Crippen LogP contribution in [0.2, 0.25) is 10.0 Å². The summed E-state index contributed by atoms with van der Waals surface area (Å²) >= 11 is 10.7. The van der Waals surface area contributed by atoms with Gasteiger partial charge in [0.1, 0.15) is 17.3 Å². The molecule has 0 saturated heterocycles. The monoisotopic (exact) mass is 337 g/mol. The molecule has 2 aromatic rings. The standard InChI is InChI=1S/C6H3ClFNO3.C6H4ClFO/c7-3-1-5(9(11)12)4(8)2-6(3)10;7-5-2-1-4(8)3-6(5)9/h1-2,10H;1-3,9H. The molecule has 0 radical (unpaired) electrons. The molecule has 0 atom stereocenters. The van der Waals surface area contributed by atoms with Crippen LogP contribution in [0.4, 0.5) is 14.5 Å². The number of hydrogen-bond acceptors (Lipinski definition) is 4. The van der Waals surface area contributed by atoms with Crippen molar-refractivity contribution in [1.29, 1.82) is 0 Å². The smallest absolute Gasteiger partial charge is 0.306 e. The van der Waals surface area contributed by atoms with Gasteiger partial charge in [-0.15, -0.1) is 0 Å². The number of nitro benzene ring substituents is 1. The molecule has 9 heteroatoms. The first-order valence-electron chi connectivity index (χ1n) is 5.18. The SMILES string of the molecule is O=[N+]([O-])c1cc(Cl)c(O)cc1F.Oc1cc(F)ccc1Cl. The van der Waals surface area contributed by atoms with E-state index in [4.69, 9.17) is 33.4 Å². The minimum atomic E-state index is -1.11.